The van der Waals surface area contributed by atoms with E-state index < -0.39 is 0 Å². The standard InChI is InChI=1S/C24H24FN3O3/c1-15(16-6-10-20(11-7-16)28-24(30)18-2-3-18)27-22(29)12-13-23-26-14-21(31-23)17-4-8-19(25)9-5-17/h4-11,14-15,18H,2-3,12-13H2,1H3,(H,27,29)(H,28,30)/t15-/m1/s1. The van der Waals surface area contributed by atoms with Gasteiger partial charge in [0.1, 0.15) is 5.82 Å². The Labute approximate surface area is 179 Å². The molecule has 1 fully saturated rings. The molecule has 7 heteroatoms. The Morgan fingerprint density at radius 2 is 1.84 bits per heavy atom. The summed E-state index contributed by atoms with van der Waals surface area (Å²) < 4.78 is 18.7. The van der Waals surface area contributed by atoms with Crippen LogP contribution in [0, 0.1) is 11.7 Å². The van der Waals surface area contributed by atoms with Crippen molar-refractivity contribution in [2.24, 2.45) is 5.92 Å². The summed E-state index contributed by atoms with van der Waals surface area (Å²) in [4.78, 5) is 28.4. The first-order valence-electron chi connectivity index (χ1n) is 10.4. The topological polar surface area (TPSA) is 84.2 Å². The molecule has 1 aliphatic rings. The van der Waals surface area contributed by atoms with Gasteiger partial charge < -0.3 is 15.1 Å². The van der Waals surface area contributed by atoms with E-state index in [-0.39, 0.29) is 36.0 Å². The lowest BCUT2D eigenvalue weighted by Crippen LogP contribution is -2.26. The van der Waals surface area contributed by atoms with E-state index in [0.717, 1.165) is 29.7 Å². The van der Waals surface area contributed by atoms with Gasteiger partial charge >= 0.3 is 0 Å². The van der Waals surface area contributed by atoms with Crippen LogP contribution in [0.25, 0.3) is 11.3 Å². The fourth-order valence-corrected chi connectivity index (χ4v) is 3.24. The van der Waals surface area contributed by atoms with Crippen LogP contribution in [0.1, 0.15) is 43.7 Å². The van der Waals surface area contributed by atoms with Crippen LogP contribution < -0.4 is 10.6 Å². The Bertz CT molecular complexity index is 1060. The van der Waals surface area contributed by atoms with Crippen molar-refractivity contribution in [3.05, 3.63) is 72.0 Å². The second kappa shape index (κ2) is 9.12. The molecule has 31 heavy (non-hydrogen) atoms. The Balaban J connectivity index is 1.25. The first-order valence-corrected chi connectivity index (χ1v) is 10.4. The van der Waals surface area contributed by atoms with Gasteiger partial charge in [0.15, 0.2) is 11.7 Å². The summed E-state index contributed by atoms with van der Waals surface area (Å²) in [5.41, 5.74) is 2.45. The van der Waals surface area contributed by atoms with E-state index in [1.165, 1.54) is 12.1 Å². The minimum Gasteiger partial charge on any atom is -0.441 e. The van der Waals surface area contributed by atoms with Gasteiger partial charge in [-0.15, -0.1) is 0 Å². The summed E-state index contributed by atoms with van der Waals surface area (Å²) in [6.45, 7) is 1.91. The van der Waals surface area contributed by atoms with Crippen molar-refractivity contribution in [1.82, 2.24) is 10.3 Å². The van der Waals surface area contributed by atoms with E-state index in [2.05, 4.69) is 15.6 Å². The number of anilines is 1. The molecule has 0 saturated heterocycles. The van der Waals surface area contributed by atoms with Crippen LogP contribution in [-0.2, 0) is 16.0 Å². The van der Waals surface area contributed by atoms with Crippen LogP contribution in [0.5, 0.6) is 0 Å². The first kappa shape index (κ1) is 20.8. The third-order valence-electron chi connectivity index (χ3n) is 5.25. The number of nitrogens with one attached hydrogen (secondary N) is 2. The number of hydrogen-bond donors (Lipinski definition) is 2. The number of carbonyl (C=O) groups excluding carboxylic acids is 2. The molecule has 1 heterocycles. The minimum absolute atomic E-state index is 0.0724. The second-order valence-electron chi connectivity index (χ2n) is 7.80. The number of halogens is 1. The Morgan fingerprint density at radius 3 is 2.52 bits per heavy atom. The Kier molecular flexibility index (Phi) is 6.11. The average Bonchev–Trinajstić information content (AvgIpc) is 3.52. The van der Waals surface area contributed by atoms with Gasteiger partial charge in [-0.1, -0.05) is 12.1 Å². The smallest absolute Gasteiger partial charge is 0.227 e. The third kappa shape index (κ3) is 5.57. The van der Waals surface area contributed by atoms with Crippen molar-refractivity contribution in [1.29, 1.82) is 0 Å². The van der Waals surface area contributed by atoms with Crippen molar-refractivity contribution in [2.75, 3.05) is 5.32 Å². The molecule has 4 rings (SSSR count). The van der Waals surface area contributed by atoms with Gasteiger partial charge in [0.2, 0.25) is 11.8 Å². The number of aromatic nitrogens is 1. The monoisotopic (exact) mass is 421 g/mol. The van der Waals surface area contributed by atoms with E-state index in [1.807, 2.05) is 31.2 Å². The van der Waals surface area contributed by atoms with Crippen molar-refractivity contribution in [3.8, 4) is 11.3 Å². The number of hydrogen-bond acceptors (Lipinski definition) is 4. The van der Waals surface area contributed by atoms with Crippen molar-refractivity contribution < 1.29 is 18.4 Å². The molecule has 2 amide bonds. The molecule has 1 atom stereocenters. The van der Waals surface area contributed by atoms with E-state index in [9.17, 15) is 14.0 Å². The summed E-state index contributed by atoms with van der Waals surface area (Å²) in [6, 6.07) is 13.3. The van der Waals surface area contributed by atoms with Crippen LogP contribution in [0.2, 0.25) is 0 Å². The lowest BCUT2D eigenvalue weighted by atomic mass is 10.1. The van der Waals surface area contributed by atoms with Crippen molar-refractivity contribution in [3.63, 3.8) is 0 Å². The number of rotatable bonds is 8. The molecule has 0 spiro atoms. The second-order valence-corrected chi connectivity index (χ2v) is 7.80. The molecule has 1 aromatic heterocycles. The molecule has 6 nitrogen and oxygen atoms in total. The molecule has 0 radical (unpaired) electrons. The third-order valence-corrected chi connectivity index (χ3v) is 5.25. The predicted molar refractivity (Wildman–Crippen MR) is 115 cm³/mol. The van der Waals surface area contributed by atoms with Gasteiger partial charge in [0.05, 0.1) is 12.2 Å². The SMILES string of the molecule is C[C@@H](NC(=O)CCc1ncc(-c2ccc(F)cc2)o1)c1ccc(NC(=O)C2CC2)cc1. The number of amides is 2. The molecule has 0 unspecified atom stereocenters. The highest BCUT2D eigenvalue weighted by Crippen LogP contribution is 2.30. The van der Waals surface area contributed by atoms with Gasteiger partial charge in [-0.3, -0.25) is 9.59 Å². The van der Waals surface area contributed by atoms with E-state index in [0.29, 0.717) is 18.1 Å². The fourth-order valence-electron chi connectivity index (χ4n) is 3.24. The van der Waals surface area contributed by atoms with E-state index >= 15 is 0 Å². The highest BCUT2D eigenvalue weighted by molar-refractivity contribution is 5.94. The fraction of sp³-hybridized carbons (Fsp3) is 0.292. The molecule has 0 bridgehead atoms. The molecule has 2 N–H and O–H groups in total. The molecule has 1 saturated carbocycles. The molecule has 2 aromatic carbocycles. The minimum atomic E-state index is -0.313. The summed E-state index contributed by atoms with van der Waals surface area (Å²) in [6.07, 6.45) is 4.11. The zero-order valence-electron chi connectivity index (χ0n) is 17.2. The van der Waals surface area contributed by atoms with Crippen molar-refractivity contribution in [2.45, 2.75) is 38.6 Å². The molecule has 3 aromatic rings. The Morgan fingerprint density at radius 1 is 1.13 bits per heavy atom. The summed E-state index contributed by atoms with van der Waals surface area (Å²) >= 11 is 0. The van der Waals surface area contributed by atoms with Gasteiger partial charge in [0.25, 0.3) is 0 Å². The number of oxazole rings is 1. The van der Waals surface area contributed by atoms with Crippen molar-refractivity contribution >= 4 is 17.5 Å². The maximum Gasteiger partial charge on any atom is 0.227 e. The lowest BCUT2D eigenvalue weighted by Gasteiger charge is -2.15. The van der Waals surface area contributed by atoms with Crippen LogP contribution in [-0.4, -0.2) is 16.8 Å². The zero-order chi connectivity index (χ0) is 21.8. The Hall–Kier alpha value is -3.48. The van der Waals surface area contributed by atoms with E-state index in [1.54, 1.807) is 18.3 Å². The molecule has 160 valence electrons. The maximum absolute atomic E-state index is 13.0. The average molecular weight is 421 g/mol. The predicted octanol–water partition coefficient (Wildman–Crippen LogP) is 4.64. The van der Waals surface area contributed by atoms with Crippen LogP contribution in [0.15, 0.2) is 59.1 Å². The highest BCUT2D eigenvalue weighted by atomic mass is 19.1. The molecular weight excluding hydrogens is 397 g/mol. The summed E-state index contributed by atoms with van der Waals surface area (Å²) in [5.74, 6) is 0.805. The quantitative estimate of drug-likeness (QED) is 0.555. The maximum atomic E-state index is 13.0. The molecule has 1 aliphatic carbocycles. The van der Waals surface area contributed by atoms with Gasteiger partial charge in [-0.05, 0) is 61.7 Å². The van der Waals surface area contributed by atoms with Crippen LogP contribution in [0.3, 0.4) is 0 Å². The zero-order valence-corrected chi connectivity index (χ0v) is 17.2. The summed E-state index contributed by atoms with van der Waals surface area (Å²) in [5, 5.41) is 5.87. The highest BCUT2D eigenvalue weighted by Gasteiger charge is 2.29. The number of benzene rings is 2. The van der Waals surface area contributed by atoms with Gasteiger partial charge in [0, 0.05) is 30.0 Å². The molecular formula is C24H24FN3O3. The first-order chi connectivity index (χ1) is 15.0. The van der Waals surface area contributed by atoms with Gasteiger partial charge in [-0.25, -0.2) is 9.37 Å². The normalized spacial score (nSPS) is 14.1. The summed E-state index contributed by atoms with van der Waals surface area (Å²) in [7, 11) is 0. The van der Waals surface area contributed by atoms with Crippen LogP contribution >= 0.6 is 0 Å². The van der Waals surface area contributed by atoms with Crippen LogP contribution in [0.4, 0.5) is 10.1 Å². The lowest BCUT2D eigenvalue weighted by molar-refractivity contribution is -0.121. The van der Waals surface area contributed by atoms with Gasteiger partial charge in [-0.2, -0.15) is 0 Å². The molecule has 0 aliphatic heterocycles. The van der Waals surface area contributed by atoms with E-state index in [4.69, 9.17) is 4.42 Å². The number of nitrogens with zero attached hydrogens (tertiary/aromatic N) is 1. The largest absolute Gasteiger partial charge is 0.441 e. The number of carbonyl (C=O) groups is 2. The number of aryl methyl sites for hydroxylation is 1.